The van der Waals surface area contributed by atoms with Crippen LogP contribution < -0.4 is 10.6 Å². The third-order valence-corrected chi connectivity index (χ3v) is 5.50. The number of benzene rings is 2. The summed E-state index contributed by atoms with van der Waals surface area (Å²) < 4.78 is 38.2. The number of aliphatic imine (C=N–C) groups is 1. The number of aryl methyl sites for hydroxylation is 1. The van der Waals surface area contributed by atoms with E-state index in [1.165, 1.54) is 6.07 Å². The Labute approximate surface area is 154 Å². The molecule has 2 aromatic rings. The highest BCUT2D eigenvalue weighted by Gasteiger charge is 2.13. The predicted molar refractivity (Wildman–Crippen MR) is 102 cm³/mol. The maximum absolute atomic E-state index is 13.6. The van der Waals surface area contributed by atoms with Gasteiger partial charge in [-0.15, -0.1) is 0 Å². The number of hydrogen-bond acceptors (Lipinski definition) is 3. The summed E-state index contributed by atoms with van der Waals surface area (Å²) in [5, 5.41) is 6.06. The molecule has 26 heavy (non-hydrogen) atoms. The van der Waals surface area contributed by atoms with Gasteiger partial charge in [0.05, 0.1) is 17.2 Å². The van der Waals surface area contributed by atoms with Gasteiger partial charge >= 0.3 is 0 Å². The average Bonchev–Trinajstić information content (AvgIpc) is 2.63. The molecule has 0 saturated carbocycles. The van der Waals surface area contributed by atoms with Crippen LogP contribution in [0.2, 0.25) is 0 Å². The summed E-state index contributed by atoms with van der Waals surface area (Å²) in [7, 11) is -3.34. The molecule has 0 unspecified atom stereocenters. The number of guanidine groups is 1. The van der Waals surface area contributed by atoms with Crippen molar-refractivity contribution in [3.63, 3.8) is 0 Å². The molecule has 0 aliphatic carbocycles. The molecule has 0 aliphatic heterocycles. The van der Waals surface area contributed by atoms with Crippen molar-refractivity contribution in [1.82, 2.24) is 10.6 Å². The monoisotopic (exact) mass is 377 g/mol. The van der Waals surface area contributed by atoms with Crippen LogP contribution in [0.3, 0.4) is 0 Å². The Kier molecular flexibility index (Phi) is 7.15. The zero-order valence-corrected chi connectivity index (χ0v) is 15.8. The van der Waals surface area contributed by atoms with Crippen molar-refractivity contribution < 1.29 is 12.8 Å². The van der Waals surface area contributed by atoms with Crippen molar-refractivity contribution in [3.05, 3.63) is 65.5 Å². The number of rotatable bonds is 7. The second kappa shape index (κ2) is 9.33. The predicted octanol–water partition coefficient (Wildman–Crippen LogP) is 2.66. The Bertz CT molecular complexity index is 852. The molecule has 0 heterocycles. The van der Waals surface area contributed by atoms with E-state index in [1.807, 2.05) is 13.0 Å². The van der Waals surface area contributed by atoms with Crippen LogP contribution in [0.25, 0.3) is 0 Å². The summed E-state index contributed by atoms with van der Waals surface area (Å²) in [6.45, 7) is 4.80. The van der Waals surface area contributed by atoms with Gasteiger partial charge in [-0.05, 0) is 43.2 Å². The molecule has 0 fully saturated rings. The van der Waals surface area contributed by atoms with Crippen LogP contribution >= 0.6 is 0 Å². The molecular formula is C19H24FN3O2S. The Morgan fingerprint density at radius 2 is 1.85 bits per heavy atom. The smallest absolute Gasteiger partial charge is 0.191 e. The van der Waals surface area contributed by atoms with E-state index in [9.17, 15) is 12.8 Å². The van der Waals surface area contributed by atoms with E-state index in [0.717, 1.165) is 5.56 Å². The SMILES string of the molecule is CCNC(=NCc1ccc(C)c(F)c1)NCCS(=O)(=O)c1ccccc1. The van der Waals surface area contributed by atoms with Gasteiger partial charge in [-0.25, -0.2) is 17.8 Å². The van der Waals surface area contributed by atoms with E-state index in [0.29, 0.717) is 29.5 Å². The van der Waals surface area contributed by atoms with Gasteiger partial charge in [0.1, 0.15) is 5.82 Å². The molecule has 0 atom stereocenters. The number of sulfone groups is 1. The summed E-state index contributed by atoms with van der Waals surface area (Å²) in [5.74, 6) is 0.196. The highest BCUT2D eigenvalue weighted by Crippen LogP contribution is 2.10. The maximum atomic E-state index is 13.6. The Morgan fingerprint density at radius 1 is 1.12 bits per heavy atom. The summed E-state index contributed by atoms with van der Waals surface area (Å²) in [6, 6.07) is 13.3. The summed E-state index contributed by atoms with van der Waals surface area (Å²) in [5.41, 5.74) is 1.34. The van der Waals surface area contributed by atoms with Gasteiger partial charge in [-0.2, -0.15) is 0 Å². The van der Waals surface area contributed by atoms with Gasteiger partial charge in [-0.3, -0.25) is 0 Å². The highest BCUT2D eigenvalue weighted by atomic mass is 32.2. The lowest BCUT2D eigenvalue weighted by Gasteiger charge is -2.12. The van der Waals surface area contributed by atoms with Gasteiger partial charge in [-0.1, -0.05) is 30.3 Å². The largest absolute Gasteiger partial charge is 0.357 e. The third-order valence-electron chi connectivity index (χ3n) is 3.77. The lowest BCUT2D eigenvalue weighted by Crippen LogP contribution is -2.39. The molecular weight excluding hydrogens is 353 g/mol. The van der Waals surface area contributed by atoms with Crippen LogP contribution in [0.1, 0.15) is 18.1 Å². The lowest BCUT2D eigenvalue weighted by molar-refractivity contribution is 0.594. The Morgan fingerprint density at radius 3 is 2.50 bits per heavy atom. The Balaban J connectivity index is 1.96. The number of nitrogens with zero attached hydrogens (tertiary/aromatic N) is 1. The average molecular weight is 377 g/mol. The molecule has 0 saturated heterocycles. The van der Waals surface area contributed by atoms with Gasteiger partial charge in [0.25, 0.3) is 0 Å². The van der Waals surface area contributed by atoms with E-state index in [-0.39, 0.29) is 18.1 Å². The van der Waals surface area contributed by atoms with Crippen molar-refractivity contribution in [2.75, 3.05) is 18.8 Å². The van der Waals surface area contributed by atoms with Crippen LogP contribution in [-0.2, 0) is 16.4 Å². The topological polar surface area (TPSA) is 70.6 Å². The third kappa shape index (κ3) is 5.84. The Hall–Kier alpha value is -2.41. The second-order valence-electron chi connectivity index (χ2n) is 5.84. The summed E-state index contributed by atoms with van der Waals surface area (Å²) in [4.78, 5) is 4.68. The zero-order valence-electron chi connectivity index (χ0n) is 15.0. The van der Waals surface area contributed by atoms with E-state index in [2.05, 4.69) is 15.6 Å². The fourth-order valence-corrected chi connectivity index (χ4v) is 3.47. The summed E-state index contributed by atoms with van der Waals surface area (Å²) in [6.07, 6.45) is 0. The first-order chi connectivity index (χ1) is 12.4. The molecule has 0 aliphatic rings. The first-order valence-electron chi connectivity index (χ1n) is 8.47. The van der Waals surface area contributed by atoms with Crippen molar-refractivity contribution in [2.24, 2.45) is 4.99 Å². The van der Waals surface area contributed by atoms with E-state index in [4.69, 9.17) is 0 Å². The van der Waals surface area contributed by atoms with Crippen molar-refractivity contribution in [1.29, 1.82) is 0 Å². The number of nitrogens with one attached hydrogen (secondary N) is 2. The van der Waals surface area contributed by atoms with Crippen LogP contribution in [0.15, 0.2) is 58.4 Å². The molecule has 2 aromatic carbocycles. The van der Waals surface area contributed by atoms with Crippen molar-refractivity contribution >= 4 is 15.8 Å². The molecule has 0 amide bonds. The molecule has 2 N–H and O–H groups in total. The maximum Gasteiger partial charge on any atom is 0.191 e. The normalized spacial score (nSPS) is 12.0. The minimum atomic E-state index is -3.34. The molecule has 7 heteroatoms. The highest BCUT2D eigenvalue weighted by molar-refractivity contribution is 7.91. The van der Waals surface area contributed by atoms with Crippen molar-refractivity contribution in [2.45, 2.75) is 25.3 Å². The molecule has 2 rings (SSSR count). The standard InChI is InChI=1S/C19H24FN3O2S/c1-3-21-19(23-14-16-10-9-15(2)18(20)13-16)22-11-12-26(24,25)17-7-5-4-6-8-17/h4-10,13H,3,11-12,14H2,1-2H3,(H2,21,22,23). The van der Waals surface area contributed by atoms with Crippen LogP contribution in [-0.4, -0.2) is 33.2 Å². The number of hydrogen-bond donors (Lipinski definition) is 2. The van der Waals surface area contributed by atoms with Crippen LogP contribution in [0, 0.1) is 12.7 Å². The quantitative estimate of drug-likeness (QED) is 0.575. The van der Waals surface area contributed by atoms with Crippen molar-refractivity contribution in [3.8, 4) is 0 Å². The molecule has 0 aromatic heterocycles. The fourth-order valence-electron chi connectivity index (χ4n) is 2.30. The van der Waals surface area contributed by atoms with Crippen LogP contribution in [0.4, 0.5) is 4.39 Å². The second-order valence-corrected chi connectivity index (χ2v) is 7.95. The van der Waals surface area contributed by atoms with E-state index >= 15 is 0 Å². The lowest BCUT2D eigenvalue weighted by atomic mass is 10.1. The van der Waals surface area contributed by atoms with Gasteiger partial charge < -0.3 is 10.6 Å². The molecule has 140 valence electrons. The minimum Gasteiger partial charge on any atom is -0.357 e. The molecule has 0 spiro atoms. The zero-order chi connectivity index (χ0) is 19.0. The molecule has 5 nitrogen and oxygen atoms in total. The minimum absolute atomic E-state index is 0.0411. The molecule has 0 bridgehead atoms. The first kappa shape index (κ1) is 19.9. The number of halogens is 1. The molecule has 0 radical (unpaired) electrons. The van der Waals surface area contributed by atoms with Gasteiger partial charge in [0.15, 0.2) is 15.8 Å². The van der Waals surface area contributed by atoms with Crippen LogP contribution in [0.5, 0.6) is 0 Å². The van der Waals surface area contributed by atoms with Gasteiger partial charge in [0.2, 0.25) is 0 Å². The van der Waals surface area contributed by atoms with E-state index < -0.39 is 9.84 Å². The summed E-state index contributed by atoms with van der Waals surface area (Å²) >= 11 is 0. The van der Waals surface area contributed by atoms with Gasteiger partial charge in [0, 0.05) is 13.1 Å². The van der Waals surface area contributed by atoms with E-state index in [1.54, 1.807) is 43.3 Å². The first-order valence-corrected chi connectivity index (χ1v) is 10.1. The fraction of sp³-hybridized carbons (Fsp3) is 0.316.